The number of carbonyl (C=O) groups is 2. The average Bonchev–Trinajstić information content (AvgIpc) is 2.51. The van der Waals surface area contributed by atoms with Crippen molar-refractivity contribution in [2.24, 2.45) is 5.41 Å². The predicted molar refractivity (Wildman–Crippen MR) is 101 cm³/mol. The topological polar surface area (TPSA) is 78.4 Å². The van der Waals surface area contributed by atoms with E-state index in [1.165, 1.54) is 0 Å². The molecule has 1 unspecified atom stereocenters. The molecule has 0 bridgehead atoms. The molecule has 2 amide bonds. The summed E-state index contributed by atoms with van der Waals surface area (Å²) in [6.45, 7) is 12.5. The van der Waals surface area contributed by atoms with Gasteiger partial charge in [0.1, 0.15) is 6.04 Å². The number of amides is 2. The van der Waals surface area contributed by atoms with Gasteiger partial charge in [0, 0.05) is 18.7 Å². The SMILES string of the molecule is CC(NC(=O)c1ccc(C(C)(C)C)cc1)C(=O)NCC(C)(C)CCO. The molecule has 0 aliphatic carbocycles. The first-order valence-electron chi connectivity index (χ1n) is 8.76. The highest BCUT2D eigenvalue weighted by Gasteiger charge is 2.22. The summed E-state index contributed by atoms with van der Waals surface area (Å²) in [5, 5.41) is 14.6. The van der Waals surface area contributed by atoms with Crippen molar-refractivity contribution < 1.29 is 14.7 Å². The molecule has 1 rings (SSSR count). The van der Waals surface area contributed by atoms with Crippen molar-refractivity contribution in [3.05, 3.63) is 35.4 Å². The van der Waals surface area contributed by atoms with Gasteiger partial charge in [-0.15, -0.1) is 0 Å². The van der Waals surface area contributed by atoms with E-state index in [0.29, 0.717) is 18.5 Å². The minimum absolute atomic E-state index is 0.0313. The van der Waals surface area contributed by atoms with Crippen molar-refractivity contribution in [3.8, 4) is 0 Å². The maximum Gasteiger partial charge on any atom is 0.251 e. The lowest BCUT2D eigenvalue weighted by Gasteiger charge is -2.25. The highest BCUT2D eigenvalue weighted by Crippen LogP contribution is 2.22. The molecule has 5 nitrogen and oxygen atoms in total. The summed E-state index contributed by atoms with van der Waals surface area (Å²) in [6, 6.07) is 6.82. The van der Waals surface area contributed by atoms with Crippen molar-refractivity contribution in [3.63, 3.8) is 0 Å². The molecule has 25 heavy (non-hydrogen) atoms. The molecule has 140 valence electrons. The Morgan fingerprint density at radius 3 is 2.12 bits per heavy atom. The number of nitrogens with one attached hydrogen (secondary N) is 2. The van der Waals surface area contributed by atoms with Crippen LogP contribution in [0.4, 0.5) is 0 Å². The maximum absolute atomic E-state index is 12.3. The normalized spacial score (nSPS) is 13.2. The number of hydrogen-bond donors (Lipinski definition) is 3. The zero-order valence-electron chi connectivity index (χ0n) is 16.3. The number of aliphatic hydroxyl groups is 1. The molecule has 1 aromatic carbocycles. The zero-order valence-corrected chi connectivity index (χ0v) is 16.3. The predicted octanol–water partition coefficient (Wildman–Crippen LogP) is 2.63. The molecule has 3 N–H and O–H groups in total. The van der Waals surface area contributed by atoms with Gasteiger partial charge in [0.05, 0.1) is 0 Å². The highest BCUT2D eigenvalue weighted by molar-refractivity contribution is 5.97. The van der Waals surface area contributed by atoms with E-state index in [9.17, 15) is 9.59 Å². The van der Waals surface area contributed by atoms with Crippen molar-refractivity contribution in [2.75, 3.05) is 13.2 Å². The van der Waals surface area contributed by atoms with Crippen molar-refractivity contribution in [1.29, 1.82) is 0 Å². The lowest BCUT2D eigenvalue weighted by atomic mass is 9.86. The fraction of sp³-hybridized carbons (Fsp3) is 0.600. The van der Waals surface area contributed by atoms with Crippen LogP contribution >= 0.6 is 0 Å². The van der Waals surface area contributed by atoms with Gasteiger partial charge in [-0.3, -0.25) is 9.59 Å². The summed E-state index contributed by atoms with van der Waals surface area (Å²) >= 11 is 0. The minimum atomic E-state index is -0.625. The number of carbonyl (C=O) groups excluding carboxylic acids is 2. The van der Waals surface area contributed by atoms with Crippen LogP contribution < -0.4 is 10.6 Å². The van der Waals surface area contributed by atoms with Gasteiger partial charge in [-0.2, -0.15) is 0 Å². The van der Waals surface area contributed by atoms with Gasteiger partial charge >= 0.3 is 0 Å². The van der Waals surface area contributed by atoms with E-state index in [1.54, 1.807) is 19.1 Å². The van der Waals surface area contributed by atoms with Crippen molar-refractivity contribution in [1.82, 2.24) is 10.6 Å². The number of hydrogen-bond acceptors (Lipinski definition) is 3. The molecule has 1 aromatic rings. The molecule has 5 heteroatoms. The molecule has 0 saturated heterocycles. The molecule has 0 aromatic heterocycles. The third-order valence-corrected chi connectivity index (χ3v) is 4.28. The fourth-order valence-electron chi connectivity index (χ4n) is 2.34. The lowest BCUT2D eigenvalue weighted by molar-refractivity contribution is -0.123. The Morgan fingerprint density at radius 2 is 1.64 bits per heavy atom. The monoisotopic (exact) mass is 348 g/mol. The maximum atomic E-state index is 12.3. The second kappa shape index (κ2) is 8.48. The summed E-state index contributed by atoms with van der Waals surface area (Å²) in [4.78, 5) is 24.5. The van der Waals surface area contributed by atoms with Gasteiger partial charge in [-0.05, 0) is 41.9 Å². The standard InChI is InChI=1S/C20H32N2O3/c1-14(17(24)21-13-20(5,6)11-12-23)22-18(25)15-7-9-16(10-8-15)19(2,3)4/h7-10,14,23H,11-13H2,1-6H3,(H,21,24)(H,22,25). The van der Waals surface area contributed by atoms with Crippen LogP contribution in [0.5, 0.6) is 0 Å². The van der Waals surface area contributed by atoms with Gasteiger partial charge in [-0.1, -0.05) is 46.8 Å². The van der Waals surface area contributed by atoms with Crippen LogP contribution in [0.15, 0.2) is 24.3 Å². The van der Waals surface area contributed by atoms with Gasteiger partial charge in [0.2, 0.25) is 5.91 Å². The summed E-state index contributed by atoms with van der Waals surface area (Å²) in [5.74, 6) is -0.497. The summed E-state index contributed by atoms with van der Waals surface area (Å²) < 4.78 is 0. The summed E-state index contributed by atoms with van der Waals surface area (Å²) in [6.07, 6.45) is 0.605. The zero-order chi connectivity index (χ0) is 19.3. The Kier molecular flexibility index (Phi) is 7.17. The van der Waals surface area contributed by atoms with Crippen LogP contribution in [-0.4, -0.2) is 36.1 Å². The van der Waals surface area contributed by atoms with E-state index in [4.69, 9.17) is 5.11 Å². The van der Waals surface area contributed by atoms with Crippen molar-refractivity contribution in [2.45, 2.75) is 59.4 Å². The Labute approximate surface area is 151 Å². The van der Waals surface area contributed by atoms with Crippen LogP contribution in [0.3, 0.4) is 0 Å². The van der Waals surface area contributed by atoms with E-state index in [0.717, 1.165) is 5.56 Å². The second-order valence-corrected chi connectivity index (χ2v) is 8.38. The first-order valence-corrected chi connectivity index (χ1v) is 8.76. The third kappa shape index (κ3) is 6.86. The third-order valence-electron chi connectivity index (χ3n) is 4.28. The molecule has 0 aliphatic rings. The first kappa shape index (κ1) is 21.2. The van der Waals surface area contributed by atoms with Crippen LogP contribution in [0.2, 0.25) is 0 Å². The molecule has 0 spiro atoms. The highest BCUT2D eigenvalue weighted by atomic mass is 16.3. The Hall–Kier alpha value is -1.88. The van der Waals surface area contributed by atoms with Crippen LogP contribution in [0.25, 0.3) is 0 Å². The van der Waals surface area contributed by atoms with E-state index < -0.39 is 6.04 Å². The lowest BCUT2D eigenvalue weighted by Crippen LogP contribution is -2.47. The quantitative estimate of drug-likeness (QED) is 0.709. The number of aliphatic hydroxyl groups excluding tert-OH is 1. The van der Waals surface area contributed by atoms with Crippen LogP contribution in [-0.2, 0) is 10.2 Å². The van der Waals surface area contributed by atoms with Crippen LogP contribution in [0, 0.1) is 5.41 Å². The number of rotatable bonds is 7. The second-order valence-electron chi connectivity index (χ2n) is 8.38. The molecule has 0 radical (unpaired) electrons. The molecule has 1 atom stereocenters. The molecule has 0 fully saturated rings. The van der Waals surface area contributed by atoms with Crippen LogP contribution in [0.1, 0.15) is 63.9 Å². The Balaban J connectivity index is 2.59. The smallest absolute Gasteiger partial charge is 0.251 e. The van der Waals surface area contributed by atoms with Gasteiger partial charge in [0.25, 0.3) is 5.91 Å². The van der Waals surface area contributed by atoms with E-state index >= 15 is 0 Å². The Bertz CT molecular complexity index is 586. The van der Waals surface area contributed by atoms with Crippen molar-refractivity contribution >= 4 is 11.8 Å². The average molecular weight is 348 g/mol. The van der Waals surface area contributed by atoms with E-state index in [2.05, 4.69) is 31.4 Å². The number of benzene rings is 1. The molecular weight excluding hydrogens is 316 g/mol. The fourth-order valence-corrected chi connectivity index (χ4v) is 2.34. The van der Waals surface area contributed by atoms with Gasteiger partial charge < -0.3 is 15.7 Å². The molecule has 0 saturated carbocycles. The largest absolute Gasteiger partial charge is 0.396 e. The van der Waals surface area contributed by atoms with E-state index in [-0.39, 0.29) is 29.3 Å². The molecule has 0 aliphatic heterocycles. The Morgan fingerprint density at radius 1 is 1.08 bits per heavy atom. The molecule has 0 heterocycles. The van der Waals surface area contributed by atoms with Gasteiger partial charge in [-0.25, -0.2) is 0 Å². The first-order chi connectivity index (χ1) is 11.5. The summed E-state index contributed by atoms with van der Waals surface area (Å²) in [5.41, 5.74) is 1.54. The summed E-state index contributed by atoms with van der Waals surface area (Å²) in [7, 11) is 0. The minimum Gasteiger partial charge on any atom is -0.396 e. The molecular formula is C20H32N2O3. The van der Waals surface area contributed by atoms with Gasteiger partial charge in [0.15, 0.2) is 0 Å². The van der Waals surface area contributed by atoms with E-state index in [1.807, 2.05) is 26.0 Å².